The summed E-state index contributed by atoms with van der Waals surface area (Å²) >= 11 is 0. The van der Waals surface area contributed by atoms with E-state index in [1.165, 1.54) is 7.05 Å². The van der Waals surface area contributed by atoms with Crippen LogP contribution in [0.4, 0.5) is 5.69 Å². The molecule has 1 heterocycles. The molecule has 0 unspecified atom stereocenters. The molecule has 0 atom stereocenters. The van der Waals surface area contributed by atoms with Gasteiger partial charge in [0, 0.05) is 50.5 Å². The molecule has 0 bridgehead atoms. The highest BCUT2D eigenvalue weighted by Gasteiger charge is 2.42. The summed E-state index contributed by atoms with van der Waals surface area (Å²) in [6.45, 7) is 8.47. The van der Waals surface area contributed by atoms with E-state index in [9.17, 15) is 9.59 Å². The number of carbonyl (C=O) groups excluding carboxylic acids is 2. The van der Waals surface area contributed by atoms with Crippen molar-refractivity contribution in [3.63, 3.8) is 0 Å². The van der Waals surface area contributed by atoms with Crippen molar-refractivity contribution in [1.82, 2.24) is 15.1 Å². The van der Waals surface area contributed by atoms with E-state index in [-0.39, 0.29) is 11.8 Å². The molecule has 7 heteroatoms. The largest absolute Gasteiger partial charge is 0.369 e. The van der Waals surface area contributed by atoms with Gasteiger partial charge in [-0.1, -0.05) is 19.3 Å². The summed E-state index contributed by atoms with van der Waals surface area (Å²) in [6.07, 6.45) is 5.80. The summed E-state index contributed by atoms with van der Waals surface area (Å²) in [5.74, 6) is -0.578. The van der Waals surface area contributed by atoms with Crippen molar-refractivity contribution in [2.45, 2.75) is 57.5 Å². The zero-order valence-corrected chi connectivity index (χ0v) is 18.4. The molecule has 2 amide bonds. The second-order valence-corrected chi connectivity index (χ2v) is 8.72. The molecule has 1 aromatic carbocycles. The normalized spacial score (nSPS) is 19.2. The van der Waals surface area contributed by atoms with Crippen LogP contribution in [0.2, 0.25) is 0 Å². The minimum absolute atomic E-state index is 0.257. The Bertz CT molecular complexity index is 785. The third kappa shape index (κ3) is 4.76. The Labute approximate surface area is 179 Å². The lowest BCUT2D eigenvalue weighted by atomic mass is 9.80. The minimum Gasteiger partial charge on any atom is -0.369 e. The van der Waals surface area contributed by atoms with Crippen LogP contribution in [0.1, 0.15) is 56.3 Å². The summed E-state index contributed by atoms with van der Waals surface area (Å²) in [4.78, 5) is 31.6. The number of piperazine rings is 1. The van der Waals surface area contributed by atoms with Crippen molar-refractivity contribution < 1.29 is 9.59 Å². The van der Waals surface area contributed by atoms with Crippen molar-refractivity contribution in [2.75, 3.05) is 38.1 Å². The van der Waals surface area contributed by atoms with Gasteiger partial charge in [0.1, 0.15) is 5.54 Å². The number of hydrogen-bond donors (Lipinski definition) is 1. The predicted octanol–water partition coefficient (Wildman–Crippen LogP) is 2.59. The summed E-state index contributed by atoms with van der Waals surface area (Å²) in [5.41, 5.74) is 0.672. The van der Waals surface area contributed by atoms with Crippen LogP contribution >= 0.6 is 0 Å². The van der Waals surface area contributed by atoms with Crippen LogP contribution < -0.4 is 10.2 Å². The molecule has 1 aromatic rings. The highest BCUT2D eigenvalue weighted by molar-refractivity contribution is 5.99. The smallest absolute Gasteiger partial charge is 0.261 e. The third-order valence-electron chi connectivity index (χ3n) is 6.46. The number of benzene rings is 1. The van der Waals surface area contributed by atoms with E-state index in [1.54, 1.807) is 0 Å². The topological polar surface area (TPSA) is 79.7 Å². The van der Waals surface area contributed by atoms with E-state index in [4.69, 9.17) is 5.26 Å². The fourth-order valence-electron chi connectivity index (χ4n) is 4.52. The summed E-state index contributed by atoms with van der Waals surface area (Å²) < 4.78 is 0. The average Bonchev–Trinajstić information content (AvgIpc) is 2.78. The number of nitrogens with zero attached hydrogens (tertiary/aromatic N) is 4. The van der Waals surface area contributed by atoms with Gasteiger partial charge in [0.25, 0.3) is 11.8 Å². The van der Waals surface area contributed by atoms with Crippen LogP contribution in [0.25, 0.3) is 0 Å². The van der Waals surface area contributed by atoms with Crippen LogP contribution in [0.3, 0.4) is 0 Å². The Morgan fingerprint density at radius 3 is 2.20 bits per heavy atom. The maximum absolute atomic E-state index is 13.0. The lowest BCUT2D eigenvalue weighted by Crippen LogP contribution is -2.59. The molecule has 1 N–H and O–H groups in total. The van der Waals surface area contributed by atoms with Crippen LogP contribution in [0.5, 0.6) is 0 Å². The van der Waals surface area contributed by atoms with E-state index in [2.05, 4.69) is 29.0 Å². The Hall–Kier alpha value is -2.59. The maximum atomic E-state index is 13.0. The van der Waals surface area contributed by atoms with E-state index in [1.807, 2.05) is 30.5 Å². The first-order chi connectivity index (χ1) is 14.4. The van der Waals surface area contributed by atoms with Gasteiger partial charge in [0.15, 0.2) is 6.19 Å². The molecule has 7 nitrogen and oxygen atoms in total. The predicted molar refractivity (Wildman–Crippen MR) is 117 cm³/mol. The molecule has 0 spiro atoms. The molecule has 3 rings (SSSR count). The molecule has 2 aliphatic rings. The molecule has 2 fully saturated rings. The third-order valence-corrected chi connectivity index (χ3v) is 6.46. The zero-order chi connectivity index (χ0) is 21.7. The fourth-order valence-corrected chi connectivity index (χ4v) is 4.52. The van der Waals surface area contributed by atoms with E-state index >= 15 is 0 Å². The van der Waals surface area contributed by atoms with Gasteiger partial charge >= 0.3 is 0 Å². The van der Waals surface area contributed by atoms with Crippen molar-refractivity contribution in [2.24, 2.45) is 0 Å². The summed E-state index contributed by atoms with van der Waals surface area (Å²) in [5, 5.41) is 12.1. The number of rotatable bonds is 5. The maximum Gasteiger partial charge on any atom is 0.261 e. The van der Waals surface area contributed by atoms with Crippen molar-refractivity contribution in [3.8, 4) is 6.19 Å². The monoisotopic (exact) mass is 411 g/mol. The standard InChI is InChI=1S/C23H33N5O2/c1-18(2)27-13-15-28(16-14-27)20-9-7-19(8-10-20)21(29)25-23(11-5-4-6-12-23)22(30)26(3)17-24/h7-10,18H,4-6,11-16H2,1-3H3,(H,25,29). The second-order valence-electron chi connectivity index (χ2n) is 8.72. The van der Waals surface area contributed by atoms with Gasteiger partial charge < -0.3 is 10.2 Å². The molecule has 0 radical (unpaired) electrons. The Morgan fingerprint density at radius 2 is 1.67 bits per heavy atom. The average molecular weight is 412 g/mol. The lowest BCUT2D eigenvalue weighted by Gasteiger charge is -2.38. The number of anilines is 1. The lowest BCUT2D eigenvalue weighted by molar-refractivity contribution is -0.135. The van der Waals surface area contributed by atoms with Crippen molar-refractivity contribution in [3.05, 3.63) is 29.8 Å². The minimum atomic E-state index is -0.980. The molecular weight excluding hydrogens is 378 g/mol. The SMILES string of the molecule is CC(C)N1CCN(c2ccc(C(=O)NC3(C(=O)N(C)C#N)CCCCC3)cc2)CC1. The number of nitrogens with one attached hydrogen (secondary N) is 1. The number of nitriles is 1. The molecule has 0 aromatic heterocycles. The number of hydrogen-bond acceptors (Lipinski definition) is 5. The molecular formula is C23H33N5O2. The molecule has 1 saturated heterocycles. The number of amides is 2. The van der Waals surface area contributed by atoms with Crippen LogP contribution in [-0.4, -0.2) is 66.4 Å². The quantitative estimate of drug-likeness (QED) is 0.595. The Balaban J connectivity index is 1.68. The Morgan fingerprint density at radius 1 is 1.07 bits per heavy atom. The number of carbonyl (C=O) groups is 2. The van der Waals surface area contributed by atoms with Gasteiger partial charge in [-0.15, -0.1) is 0 Å². The van der Waals surface area contributed by atoms with Crippen LogP contribution in [-0.2, 0) is 4.79 Å². The fraction of sp³-hybridized carbons (Fsp3) is 0.609. The zero-order valence-electron chi connectivity index (χ0n) is 18.4. The summed E-state index contributed by atoms with van der Waals surface area (Å²) in [6, 6.07) is 8.18. The van der Waals surface area contributed by atoms with Crippen molar-refractivity contribution in [1.29, 1.82) is 5.26 Å². The first-order valence-electron chi connectivity index (χ1n) is 11.0. The van der Waals surface area contributed by atoms with Gasteiger partial charge in [-0.3, -0.25) is 19.4 Å². The van der Waals surface area contributed by atoms with Gasteiger partial charge in [-0.05, 0) is 51.0 Å². The van der Waals surface area contributed by atoms with E-state index in [0.29, 0.717) is 24.4 Å². The molecule has 1 aliphatic heterocycles. The first kappa shape index (κ1) is 22.1. The van der Waals surface area contributed by atoms with Gasteiger partial charge in [0.2, 0.25) is 0 Å². The highest BCUT2D eigenvalue weighted by atomic mass is 16.2. The second kappa shape index (κ2) is 9.48. The van der Waals surface area contributed by atoms with Crippen molar-refractivity contribution >= 4 is 17.5 Å². The molecule has 1 aliphatic carbocycles. The Kier molecular flexibility index (Phi) is 6.99. The van der Waals surface area contributed by atoms with Crippen LogP contribution in [0.15, 0.2) is 24.3 Å². The van der Waals surface area contributed by atoms with Gasteiger partial charge in [0.05, 0.1) is 0 Å². The highest BCUT2D eigenvalue weighted by Crippen LogP contribution is 2.30. The first-order valence-corrected chi connectivity index (χ1v) is 11.0. The number of likely N-dealkylation sites (N-methyl/N-ethyl adjacent to an activating group) is 1. The molecule has 30 heavy (non-hydrogen) atoms. The van der Waals surface area contributed by atoms with Gasteiger partial charge in [-0.25, -0.2) is 0 Å². The summed E-state index contributed by atoms with van der Waals surface area (Å²) in [7, 11) is 1.46. The van der Waals surface area contributed by atoms with Crippen LogP contribution in [0, 0.1) is 11.5 Å². The molecule has 1 saturated carbocycles. The van der Waals surface area contributed by atoms with E-state index < -0.39 is 5.54 Å². The molecule has 162 valence electrons. The van der Waals surface area contributed by atoms with Gasteiger partial charge in [-0.2, -0.15) is 5.26 Å². The van der Waals surface area contributed by atoms with E-state index in [0.717, 1.165) is 56.0 Å².